The van der Waals surface area contributed by atoms with Gasteiger partial charge in [0.25, 0.3) is 0 Å². The van der Waals surface area contributed by atoms with Crippen LogP contribution in [-0.2, 0) is 6.42 Å². The van der Waals surface area contributed by atoms with Crippen LogP contribution in [0.4, 0.5) is 5.13 Å². The Morgan fingerprint density at radius 1 is 1.44 bits per heavy atom. The Morgan fingerprint density at radius 2 is 2.33 bits per heavy atom. The monoisotopic (exact) mass is 283 g/mol. The summed E-state index contributed by atoms with van der Waals surface area (Å²) in [6, 6.07) is 1.11. The molecule has 0 amide bonds. The maximum Gasteiger partial charge on any atom is 0.186 e. The third-order valence-electron chi connectivity index (χ3n) is 3.90. The van der Waals surface area contributed by atoms with Crippen LogP contribution in [0.25, 0.3) is 0 Å². The molecule has 3 rings (SSSR count). The van der Waals surface area contributed by atoms with Gasteiger partial charge in [0, 0.05) is 29.0 Å². The summed E-state index contributed by atoms with van der Waals surface area (Å²) in [6.07, 6.45) is 3.76. The first-order chi connectivity index (χ1) is 8.79. The summed E-state index contributed by atoms with van der Waals surface area (Å²) >= 11 is 3.99. The van der Waals surface area contributed by atoms with Crippen LogP contribution in [-0.4, -0.2) is 36.1 Å². The molecule has 2 heterocycles. The van der Waals surface area contributed by atoms with Gasteiger partial charge in [0.1, 0.15) is 0 Å². The summed E-state index contributed by atoms with van der Waals surface area (Å²) in [5, 5.41) is 4.67. The minimum Gasteiger partial charge on any atom is -0.344 e. The van der Waals surface area contributed by atoms with E-state index in [1.54, 1.807) is 0 Å². The molecule has 2 unspecified atom stereocenters. The first-order valence-corrected chi connectivity index (χ1v) is 8.78. The van der Waals surface area contributed by atoms with Crippen LogP contribution in [0.1, 0.15) is 36.4 Å². The lowest BCUT2D eigenvalue weighted by molar-refractivity contribution is 0.489. The highest BCUT2D eigenvalue weighted by Gasteiger charge is 2.27. The van der Waals surface area contributed by atoms with Crippen LogP contribution in [0.15, 0.2) is 0 Å². The number of fused-ring (bicyclic) bond motifs is 1. The van der Waals surface area contributed by atoms with Gasteiger partial charge in [0.05, 0.1) is 11.7 Å². The minimum atomic E-state index is 0.480. The Balaban J connectivity index is 1.87. The number of hydrogen-bond acceptors (Lipinski definition) is 5. The van der Waals surface area contributed by atoms with Gasteiger partial charge < -0.3 is 10.2 Å². The molecule has 0 bridgehead atoms. The fourth-order valence-electron chi connectivity index (χ4n) is 2.82. The van der Waals surface area contributed by atoms with Gasteiger partial charge in [-0.15, -0.1) is 11.3 Å². The highest BCUT2D eigenvalue weighted by Crippen LogP contribution is 2.37. The predicted molar refractivity (Wildman–Crippen MR) is 81.0 cm³/mol. The molecule has 2 atom stereocenters. The number of nitrogens with zero attached hydrogens (tertiary/aromatic N) is 2. The molecule has 0 radical (unpaired) electrons. The van der Waals surface area contributed by atoms with Crippen molar-refractivity contribution in [2.24, 2.45) is 0 Å². The Kier molecular flexibility index (Phi) is 3.82. The standard InChI is InChI=1S/C13H21N3S2/c1-9-8-17-7-6-16(9)13-15-12-10(14-2)4-3-5-11(12)18-13/h9-10,14H,3-8H2,1-2H3. The molecule has 5 heteroatoms. The van der Waals surface area contributed by atoms with Gasteiger partial charge in [-0.2, -0.15) is 11.8 Å². The van der Waals surface area contributed by atoms with Crippen LogP contribution in [0, 0.1) is 0 Å². The largest absolute Gasteiger partial charge is 0.344 e. The zero-order valence-electron chi connectivity index (χ0n) is 11.1. The van der Waals surface area contributed by atoms with E-state index in [9.17, 15) is 0 Å². The van der Waals surface area contributed by atoms with Crippen molar-refractivity contribution in [1.82, 2.24) is 10.3 Å². The second kappa shape index (κ2) is 5.39. The maximum absolute atomic E-state index is 4.95. The molecular weight excluding hydrogens is 262 g/mol. The van der Waals surface area contributed by atoms with Crippen molar-refractivity contribution in [3.05, 3.63) is 10.6 Å². The van der Waals surface area contributed by atoms with E-state index in [1.165, 1.54) is 46.5 Å². The zero-order valence-corrected chi connectivity index (χ0v) is 12.7. The average Bonchev–Trinajstić information content (AvgIpc) is 2.82. The number of aromatic nitrogens is 1. The van der Waals surface area contributed by atoms with E-state index < -0.39 is 0 Å². The smallest absolute Gasteiger partial charge is 0.186 e. The van der Waals surface area contributed by atoms with E-state index in [2.05, 4.69) is 35.9 Å². The van der Waals surface area contributed by atoms with Gasteiger partial charge in [-0.1, -0.05) is 0 Å². The molecule has 0 aromatic carbocycles. The van der Waals surface area contributed by atoms with Gasteiger partial charge in [0.2, 0.25) is 0 Å². The molecule has 100 valence electrons. The summed E-state index contributed by atoms with van der Waals surface area (Å²) in [5.41, 5.74) is 1.33. The molecule has 3 nitrogen and oxygen atoms in total. The Morgan fingerprint density at radius 3 is 3.11 bits per heavy atom. The fourth-order valence-corrected chi connectivity index (χ4v) is 5.13. The van der Waals surface area contributed by atoms with Crippen molar-refractivity contribution in [1.29, 1.82) is 0 Å². The fraction of sp³-hybridized carbons (Fsp3) is 0.769. The van der Waals surface area contributed by atoms with E-state index in [0.717, 1.165) is 6.54 Å². The van der Waals surface area contributed by atoms with Crippen molar-refractivity contribution >= 4 is 28.2 Å². The number of nitrogens with one attached hydrogen (secondary N) is 1. The normalized spacial score (nSPS) is 28.2. The minimum absolute atomic E-state index is 0.480. The molecule has 1 N–H and O–H groups in total. The van der Waals surface area contributed by atoms with E-state index in [0.29, 0.717) is 12.1 Å². The highest BCUT2D eigenvalue weighted by molar-refractivity contribution is 7.99. The number of rotatable bonds is 2. The third-order valence-corrected chi connectivity index (χ3v) is 6.26. The van der Waals surface area contributed by atoms with Gasteiger partial charge in [-0.25, -0.2) is 4.98 Å². The first kappa shape index (κ1) is 12.8. The third kappa shape index (κ3) is 2.28. The van der Waals surface area contributed by atoms with Crippen LogP contribution < -0.4 is 10.2 Å². The second-order valence-corrected chi connectivity index (χ2v) is 7.37. The lowest BCUT2D eigenvalue weighted by Gasteiger charge is -2.32. The second-order valence-electron chi connectivity index (χ2n) is 5.16. The zero-order chi connectivity index (χ0) is 12.5. The van der Waals surface area contributed by atoms with E-state index in [4.69, 9.17) is 4.98 Å². The molecule has 18 heavy (non-hydrogen) atoms. The van der Waals surface area contributed by atoms with Crippen LogP contribution in [0.3, 0.4) is 0 Å². The van der Waals surface area contributed by atoms with Crippen molar-refractivity contribution in [3.8, 4) is 0 Å². The number of thiazole rings is 1. The SMILES string of the molecule is CNC1CCCc2sc(N3CCSCC3C)nc21. The molecular formula is C13H21N3S2. The Labute approximate surface area is 117 Å². The maximum atomic E-state index is 4.95. The Bertz CT molecular complexity index is 418. The summed E-state index contributed by atoms with van der Waals surface area (Å²) in [6.45, 7) is 3.48. The van der Waals surface area contributed by atoms with E-state index >= 15 is 0 Å². The molecule has 0 spiro atoms. The van der Waals surface area contributed by atoms with Crippen molar-refractivity contribution in [2.45, 2.75) is 38.3 Å². The number of thioether (sulfide) groups is 1. The number of aryl methyl sites for hydroxylation is 1. The highest BCUT2D eigenvalue weighted by atomic mass is 32.2. The molecule has 2 aliphatic rings. The summed E-state index contributed by atoms with van der Waals surface area (Å²) < 4.78 is 0. The lowest BCUT2D eigenvalue weighted by atomic mass is 9.98. The molecule has 1 aromatic rings. The van der Waals surface area contributed by atoms with Crippen molar-refractivity contribution in [2.75, 3.05) is 30.0 Å². The van der Waals surface area contributed by atoms with Gasteiger partial charge >= 0.3 is 0 Å². The average molecular weight is 283 g/mol. The predicted octanol–water partition coefficient (Wildman–Crippen LogP) is 2.68. The first-order valence-electron chi connectivity index (χ1n) is 6.81. The quantitative estimate of drug-likeness (QED) is 0.903. The summed E-state index contributed by atoms with van der Waals surface area (Å²) in [5.74, 6) is 2.48. The Hall–Kier alpha value is -0.260. The van der Waals surface area contributed by atoms with Gasteiger partial charge in [-0.05, 0) is 33.2 Å². The van der Waals surface area contributed by atoms with Crippen LogP contribution >= 0.6 is 23.1 Å². The summed E-state index contributed by atoms with van der Waals surface area (Å²) in [4.78, 5) is 8.97. The molecule has 1 aliphatic heterocycles. The van der Waals surface area contributed by atoms with Crippen molar-refractivity contribution < 1.29 is 0 Å². The molecule has 0 saturated carbocycles. The van der Waals surface area contributed by atoms with Crippen LogP contribution in [0.5, 0.6) is 0 Å². The number of anilines is 1. The molecule has 1 fully saturated rings. The molecule has 1 aromatic heterocycles. The summed E-state index contributed by atoms with van der Waals surface area (Å²) in [7, 11) is 2.05. The van der Waals surface area contributed by atoms with Crippen LogP contribution in [0.2, 0.25) is 0 Å². The molecule has 1 aliphatic carbocycles. The van der Waals surface area contributed by atoms with E-state index in [1.807, 2.05) is 11.3 Å². The van der Waals surface area contributed by atoms with E-state index in [-0.39, 0.29) is 0 Å². The lowest BCUT2D eigenvalue weighted by Crippen LogP contribution is -2.40. The van der Waals surface area contributed by atoms with Crippen molar-refractivity contribution in [3.63, 3.8) is 0 Å². The topological polar surface area (TPSA) is 28.2 Å². The number of hydrogen-bond donors (Lipinski definition) is 1. The van der Waals surface area contributed by atoms with Gasteiger partial charge in [-0.3, -0.25) is 0 Å². The van der Waals surface area contributed by atoms with Gasteiger partial charge in [0.15, 0.2) is 5.13 Å². The molecule has 1 saturated heterocycles.